The normalized spacial score (nSPS) is 22.1. The zero-order valence-electron chi connectivity index (χ0n) is 17.2. The second-order valence-electron chi connectivity index (χ2n) is 8.19. The van der Waals surface area contributed by atoms with Crippen LogP contribution in [0.15, 0.2) is 36.7 Å². The monoisotopic (exact) mass is 395 g/mol. The number of benzene rings is 1. The summed E-state index contributed by atoms with van der Waals surface area (Å²) in [5.41, 5.74) is 3.34. The van der Waals surface area contributed by atoms with Gasteiger partial charge in [-0.2, -0.15) is 5.10 Å². The summed E-state index contributed by atoms with van der Waals surface area (Å²) in [6.07, 6.45) is 4.28. The van der Waals surface area contributed by atoms with Gasteiger partial charge >= 0.3 is 0 Å². The Morgan fingerprint density at radius 3 is 2.41 bits per heavy atom. The molecule has 3 heterocycles. The Morgan fingerprint density at radius 2 is 1.76 bits per heavy atom. The molecule has 2 aromatic rings. The fraction of sp³-hybridized carbons (Fsp3) is 0.500. The van der Waals surface area contributed by atoms with E-state index in [-0.39, 0.29) is 23.7 Å². The molecule has 1 aromatic carbocycles. The van der Waals surface area contributed by atoms with Gasteiger partial charge in [-0.25, -0.2) is 0 Å². The van der Waals surface area contributed by atoms with Crippen molar-refractivity contribution in [1.29, 1.82) is 0 Å². The minimum Gasteiger partial charge on any atom is -0.339 e. The predicted octanol–water partition coefficient (Wildman–Crippen LogP) is 0.945. The van der Waals surface area contributed by atoms with E-state index in [2.05, 4.69) is 10.4 Å². The van der Waals surface area contributed by atoms with Gasteiger partial charge in [0.15, 0.2) is 0 Å². The average molecular weight is 396 g/mol. The maximum atomic E-state index is 13.1. The van der Waals surface area contributed by atoms with Crippen LogP contribution < -0.4 is 5.32 Å². The maximum Gasteiger partial charge on any atom is 0.227 e. The highest BCUT2D eigenvalue weighted by molar-refractivity contribution is 5.82. The number of aryl methyl sites for hydroxylation is 2. The number of rotatable bonds is 4. The molecule has 0 radical (unpaired) electrons. The van der Waals surface area contributed by atoms with Crippen molar-refractivity contribution in [2.24, 2.45) is 13.0 Å². The summed E-state index contributed by atoms with van der Waals surface area (Å²) < 4.78 is 1.79. The summed E-state index contributed by atoms with van der Waals surface area (Å²) in [5, 5.41) is 7.62. The first-order valence-corrected chi connectivity index (χ1v) is 10.3. The van der Waals surface area contributed by atoms with Crippen LogP contribution in [0.2, 0.25) is 0 Å². The molecule has 2 aliphatic rings. The van der Waals surface area contributed by atoms with Gasteiger partial charge < -0.3 is 15.1 Å². The van der Waals surface area contributed by atoms with E-state index in [0.29, 0.717) is 39.1 Å². The number of amides is 2. The van der Waals surface area contributed by atoms with Crippen molar-refractivity contribution in [3.63, 3.8) is 0 Å². The van der Waals surface area contributed by atoms with Crippen LogP contribution in [0, 0.1) is 12.8 Å². The van der Waals surface area contributed by atoms with Crippen molar-refractivity contribution in [2.45, 2.75) is 19.3 Å². The van der Waals surface area contributed by atoms with Crippen LogP contribution in [0.5, 0.6) is 0 Å². The van der Waals surface area contributed by atoms with E-state index < -0.39 is 0 Å². The molecule has 2 atom stereocenters. The summed E-state index contributed by atoms with van der Waals surface area (Å²) in [7, 11) is 1.90. The van der Waals surface area contributed by atoms with Crippen LogP contribution in [-0.2, 0) is 23.1 Å². The Kier molecular flexibility index (Phi) is 5.67. The first kappa shape index (κ1) is 19.6. The smallest absolute Gasteiger partial charge is 0.227 e. The summed E-state index contributed by atoms with van der Waals surface area (Å²) in [5.74, 6) is 0.428. The Hall–Kier alpha value is -2.67. The van der Waals surface area contributed by atoms with Crippen LogP contribution in [0.25, 0.3) is 0 Å². The fourth-order valence-electron chi connectivity index (χ4n) is 4.32. The maximum absolute atomic E-state index is 13.1. The van der Waals surface area contributed by atoms with Crippen LogP contribution in [0.1, 0.15) is 22.6 Å². The molecule has 7 nitrogen and oxygen atoms in total. The molecular weight excluding hydrogens is 366 g/mol. The third-order valence-electron chi connectivity index (χ3n) is 6.10. The number of nitrogens with one attached hydrogen (secondary N) is 1. The first-order valence-electron chi connectivity index (χ1n) is 10.3. The van der Waals surface area contributed by atoms with E-state index in [9.17, 15) is 9.59 Å². The van der Waals surface area contributed by atoms with Crippen molar-refractivity contribution >= 4 is 11.8 Å². The van der Waals surface area contributed by atoms with Gasteiger partial charge in [0.05, 0.1) is 18.5 Å². The predicted molar refractivity (Wildman–Crippen MR) is 110 cm³/mol. The zero-order chi connectivity index (χ0) is 20.4. The molecule has 0 bridgehead atoms. The molecule has 0 spiro atoms. The largest absolute Gasteiger partial charge is 0.339 e. The lowest BCUT2D eigenvalue weighted by atomic mass is 9.89. The Morgan fingerprint density at radius 1 is 1.07 bits per heavy atom. The van der Waals surface area contributed by atoms with Crippen LogP contribution in [0.4, 0.5) is 0 Å². The van der Waals surface area contributed by atoms with E-state index in [1.54, 1.807) is 4.68 Å². The number of piperazine rings is 1. The van der Waals surface area contributed by atoms with Crippen LogP contribution in [0.3, 0.4) is 0 Å². The van der Waals surface area contributed by atoms with Crippen LogP contribution >= 0.6 is 0 Å². The Bertz CT molecular complexity index is 868. The first-order chi connectivity index (χ1) is 14.0. The number of carbonyl (C=O) groups excluding carboxylic acids is 2. The second-order valence-corrected chi connectivity index (χ2v) is 8.19. The van der Waals surface area contributed by atoms with E-state index in [1.165, 1.54) is 5.56 Å². The summed E-state index contributed by atoms with van der Waals surface area (Å²) in [4.78, 5) is 29.6. The lowest BCUT2D eigenvalue weighted by Gasteiger charge is -2.36. The molecule has 1 N–H and O–H groups in total. The highest BCUT2D eigenvalue weighted by Crippen LogP contribution is 2.29. The van der Waals surface area contributed by atoms with Gasteiger partial charge in [0.1, 0.15) is 0 Å². The van der Waals surface area contributed by atoms with E-state index in [1.807, 2.05) is 60.4 Å². The molecule has 1 aromatic heterocycles. The van der Waals surface area contributed by atoms with E-state index in [4.69, 9.17) is 0 Å². The average Bonchev–Trinajstić information content (AvgIpc) is 3.38. The fourth-order valence-corrected chi connectivity index (χ4v) is 4.32. The number of aromatic nitrogens is 2. The summed E-state index contributed by atoms with van der Waals surface area (Å²) in [6, 6.07) is 8.10. The third-order valence-corrected chi connectivity index (χ3v) is 6.10. The van der Waals surface area contributed by atoms with E-state index >= 15 is 0 Å². The molecule has 0 unspecified atom stereocenters. The number of hydrogen-bond donors (Lipinski definition) is 1. The third kappa shape index (κ3) is 4.34. The minimum atomic E-state index is -0.0611. The quantitative estimate of drug-likeness (QED) is 0.837. The Balaban J connectivity index is 1.32. The molecule has 0 saturated carbocycles. The molecule has 2 amide bonds. The molecule has 2 saturated heterocycles. The number of nitrogens with zero attached hydrogens (tertiary/aromatic N) is 4. The SMILES string of the molecule is Cc1ccc(CC(=O)N2CCN(C(=O)[C@H]3CNC[C@@H]3c3cnn(C)c3)CC2)cc1. The van der Waals surface area contributed by atoms with Crippen LogP contribution in [-0.4, -0.2) is 70.7 Å². The van der Waals surface area contributed by atoms with Gasteiger partial charge in [-0.15, -0.1) is 0 Å². The van der Waals surface area contributed by atoms with Gasteiger partial charge in [0.2, 0.25) is 11.8 Å². The van der Waals surface area contributed by atoms with Gasteiger partial charge in [0.25, 0.3) is 0 Å². The zero-order valence-corrected chi connectivity index (χ0v) is 17.2. The molecular formula is C22H29N5O2. The van der Waals surface area contributed by atoms with Gasteiger partial charge in [-0.1, -0.05) is 29.8 Å². The van der Waals surface area contributed by atoms with Crippen molar-refractivity contribution in [2.75, 3.05) is 39.3 Å². The molecule has 0 aliphatic carbocycles. The molecule has 4 rings (SSSR count). The minimum absolute atomic E-state index is 0.0611. The lowest BCUT2D eigenvalue weighted by molar-refractivity contribution is -0.141. The highest BCUT2D eigenvalue weighted by Gasteiger charge is 2.38. The van der Waals surface area contributed by atoms with Crippen molar-refractivity contribution in [3.8, 4) is 0 Å². The molecule has 7 heteroatoms. The molecule has 29 heavy (non-hydrogen) atoms. The van der Waals surface area contributed by atoms with Crippen molar-refractivity contribution in [3.05, 3.63) is 53.3 Å². The van der Waals surface area contributed by atoms with E-state index in [0.717, 1.165) is 17.7 Å². The molecule has 2 aliphatic heterocycles. The number of hydrogen-bond acceptors (Lipinski definition) is 4. The standard InChI is InChI=1S/C22H29N5O2/c1-16-3-5-17(6-4-16)11-21(28)26-7-9-27(10-8-26)22(29)20-14-23-13-19(20)18-12-24-25(2)15-18/h3-6,12,15,19-20,23H,7-11,13-14H2,1-2H3/t19-,20+/m1/s1. The van der Waals surface area contributed by atoms with Crippen molar-refractivity contribution < 1.29 is 9.59 Å². The van der Waals surface area contributed by atoms with Gasteiger partial charge in [-0.3, -0.25) is 14.3 Å². The van der Waals surface area contributed by atoms with Crippen molar-refractivity contribution in [1.82, 2.24) is 24.9 Å². The van der Waals surface area contributed by atoms with Gasteiger partial charge in [-0.05, 0) is 18.1 Å². The lowest BCUT2D eigenvalue weighted by Crippen LogP contribution is -2.52. The van der Waals surface area contributed by atoms with Gasteiger partial charge in [0, 0.05) is 58.4 Å². The summed E-state index contributed by atoms with van der Waals surface area (Å²) >= 11 is 0. The Labute approximate surface area is 171 Å². The topological polar surface area (TPSA) is 70.5 Å². The highest BCUT2D eigenvalue weighted by atomic mass is 16.2. The molecule has 2 fully saturated rings. The second kappa shape index (κ2) is 8.37. The summed E-state index contributed by atoms with van der Waals surface area (Å²) in [6.45, 7) is 5.97. The molecule has 154 valence electrons. The number of carbonyl (C=O) groups is 2.